The lowest BCUT2D eigenvalue weighted by Crippen LogP contribution is -2.53. The van der Waals surface area contributed by atoms with Crippen molar-refractivity contribution in [1.29, 1.82) is 0 Å². The first-order valence-electron chi connectivity index (χ1n) is 23.0. The van der Waals surface area contributed by atoms with Crippen LogP contribution in [0.3, 0.4) is 0 Å². The highest BCUT2D eigenvalue weighted by Gasteiger charge is 2.42. The van der Waals surface area contributed by atoms with Gasteiger partial charge in [-0.05, 0) is 73.6 Å². The highest BCUT2D eigenvalue weighted by atomic mass is 19.3. The summed E-state index contributed by atoms with van der Waals surface area (Å²) < 4.78 is 56.0. The standard InChI is InChI=1S/C48H51F3N10O5/c1-27(62)56-16-11-37-36(24-56)46(59-13-3-4-29-18-32(34(45(50)51)19-40(29)59)33-20-42-52-12-17-57(42)26-41(33)66-2)54-61(37)30-9-14-55(15-10-30)21-28-22-58(23-28)38-6-5-31-35(44(38)49)25-60(48(31)65)39-7-8-43(63)53-47(39)64/h5-6,12,17-20,26,28,30,39,45H,3-4,7-11,13-16,21-25H2,1-2H3,(H,53,63,64). The quantitative estimate of drug-likeness (QED) is 0.181. The fraction of sp³-hybridized carbons (Fsp3) is 0.458. The van der Waals surface area contributed by atoms with Crippen LogP contribution in [0.4, 0.5) is 30.4 Å². The van der Waals surface area contributed by atoms with E-state index >= 15 is 13.2 Å². The number of rotatable bonds is 9. The van der Waals surface area contributed by atoms with Gasteiger partial charge in [0.25, 0.3) is 12.3 Å². The molecule has 344 valence electrons. The number of anilines is 3. The lowest BCUT2D eigenvalue weighted by molar-refractivity contribution is -0.137. The zero-order valence-corrected chi connectivity index (χ0v) is 36.9. The van der Waals surface area contributed by atoms with Crippen molar-refractivity contribution in [3.05, 3.63) is 88.3 Å². The van der Waals surface area contributed by atoms with E-state index in [9.17, 15) is 19.2 Å². The fourth-order valence-corrected chi connectivity index (χ4v) is 11.2. The molecule has 3 aromatic heterocycles. The van der Waals surface area contributed by atoms with E-state index in [2.05, 4.69) is 24.8 Å². The van der Waals surface area contributed by atoms with Crippen LogP contribution in [0.1, 0.15) is 89.8 Å². The number of aryl methyl sites for hydroxylation is 1. The summed E-state index contributed by atoms with van der Waals surface area (Å²) in [6, 6.07) is 7.93. The first kappa shape index (κ1) is 42.2. The van der Waals surface area contributed by atoms with Crippen molar-refractivity contribution in [3.63, 3.8) is 0 Å². The molecule has 0 radical (unpaired) electrons. The molecular formula is C48H51F3N10O5. The van der Waals surface area contributed by atoms with Crippen molar-refractivity contribution >= 4 is 46.5 Å². The molecule has 1 unspecified atom stereocenters. The molecule has 2 aromatic carbocycles. The van der Waals surface area contributed by atoms with Crippen LogP contribution in [0.2, 0.25) is 0 Å². The van der Waals surface area contributed by atoms with Crippen LogP contribution in [0, 0.1) is 11.7 Å². The number of pyridine rings is 1. The van der Waals surface area contributed by atoms with Crippen LogP contribution in [-0.4, -0.2) is 116 Å². The Morgan fingerprint density at radius 2 is 1.74 bits per heavy atom. The Hall–Kier alpha value is -6.43. The largest absolute Gasteiger partial charge is 0.495 e. The number of methoxy groups -OCH3 is 1. The van der Waals surface area contributed by atoms with Crippen molar-refractivity contribution in [3.8, 4) is 16.9 Å². The number of aromatic nitrogens is 4. The van der Waals surface area contributed by atoms with Crippen molar-refractivity contribution < 1.29 is 37.1 Å². The zero-order chi connectivity index (χ0) is 45.5. The van der Waals surface area contributed by atoms with E-state index < -0.39 is 30.1 Å². The van der Waals surface area contributed by atoms with E-state index in [4.69, 9.17) is 9.84 Å². The average molecular weight is 905 g/mol. The zero-order valence-electron chi connectivity index (χ0n) is 36.9. The molecule has 15 nitrogen and oxygen atoms in total. The maximum Gasteiger partial charge on any atom is 0.264 e. The molecule has 3 fully saturated rings. The molecule has 5 aromatic rings. The molecule has 66 heavy (non-hydrogen) atoms. The third kappa shape index (κ3) is 7.15. The summed E-state index contributed by atoms with van der Waals surface area (Å²) >= 11 is 0. The van der Waals surface area contributed by atoms with E-state index in [-0.39, 0.29) is 48.4 Å². The average Bonchev–Trinajstić information content (AvgIpc) is 4.02. The smallest absolute Gasteiger partial charge is 0.264 e. The van der Waals surface area contributed by atoms with Crippen LogP contribution in [0.15, 0.2) is 48.9 Å². The van der Waals surface area contributed by atoms with Crippen LogP contribution < -0.4 is 19.9 Å². The molecule has 0 aliphatic carbocycles. The molecule has 9 heterocycles. The van der Waals surface area contributed by atoms with Gasteiger partial charge in [0.05, 0.1) is 38.1 Å². The van der Waals surface area contributed by atoms with Crippen LogP contribution >= 0.6 is 0 Å². The summed E-state index contributed by atoms with van der Waals surface area (Å²) in [7, 11) is 1.54. The minimum Gasteiger partial charge on any atom is -0.495 e. The monoisotopic (exact) mass is 904 g/mol. The van der Waals surface area contributed by atoms with Gasteiger partial charge in [-0.2, -0.15) is 5.10 Å². The Labute approximate surface area is 379 Å². The lowest BCUT2D eigenvalue weighted by atomic mass is 9.91. The van der Waals surface area contributed by atoms with E-state index in [0.29, 0.717) is 90.9 Å². The molecule has 4 amide bonds. The predicted molar refractivity (Wildman–Crippen MR) is 237 cm³/mol. The number of likely N-dealkylation sites (tertiary alicyclic amines) is 1. The summed E-state index contributed by atoms with van der Waals surface area (Å²) in [6.45, 7) is 7.12. The molecule has 3 saturated heterocycles. The normalized spacial score (nSPS) is 20.5. The van der Waals surface area contributed by atoms with Gasteiger partial charge in [0.1, 0.15) is 17.4 Å². The second kappa shape index (κ2) is 16.5. The molecule has 0 saturated carbocycles. The predicted octanol–water partition coefficient (Wildman–Crippen LogP) is 5.81. The molecule has 0 bridgehead atoms. The van der Waals surface area contributed by atoms with Gasteiger partial charge < -0.3 is 33.6 Å². The Kier molecular flexibility index (Phi) is 10.5. The van der Waals surface area contributed by atoms with Crippen LogP contribution in [-0.2, 0) is 40.3 Å². The number of imide groups is 1. The van der Waals surface area contributed by atoms with Crippen molar-refractivity contribution in [2.45, 2.75) is 83.5 Å². The SMILES string of the molecule is COc1cn2ccnc2cc1-c1cc2c(cc1C(F)F)N(c1nn(C3CCN(CC4CN(c5ccc6c(c5F)CN(C5CCC(=O)NC5=O)C6=O)C4)CC3)c3c1CN(C(C)=O)CC3)CCC2. The Morgan fingerprint density at radius 1 is 0.924 bits per heavy atom. The van der Waals surface area contributed by atoms with E-state index in [0.717, 1.165) is 61.5 Å². The van der Waals surface area contributed by atoms with Gasteiger partial charge in [-0.15, -0.1) is 0 Å². The number of hydrogen-bond donors (Lipinski definition) is 1. The summed E-state index contributed by atoms with van der Waals surface area (Å²) in [5, 5.41) is 7.64. The number of alkyl halides is 2. The van der Waals surface area contributed by atoms with Crippen molar-refractivity contribution in [2.75, 3.05) is 62.7 Å². The third-order valence-electron chi connectivity index (χ3n) is 14.7. The molecule has 1 atom stereocenters. The van der Waals surface area contributed by atoms with Crippen LogP contribution in [0.25, 0.3) is 16.8 Å². The summed E-state index contributed by atoms with van der Waals surface area (Å²) in [5.41, 5.74) is 6.25. The van der Waals surface area contributed by atoms with Gasteiger partial charge in [-0.25, -0.2) is 18.2 Å². The molecule has 18 heteroatoms. The third-order valence-corrected chi connectivity index (χ3v) is 14.7. The van der Waals surface area contributed by atoms with Crippen LogP contribution in [0.5, 0.6) is 5.75 Å². The second-order valence-electron chi connectivity index (χ2n) is 18.6. The number of nitrogens with zero attached hydrogens (tertiary/aromatic N) is 9. The van der Waals surface area contributed by atoms with Crippen molar-refractivity contribution in [1.82, 2.24) is 39.2 Å². The number of halogens is 3. The number of imidazole rings is 1. The van der Waals surface area contributed by atoms with Gasteiger partial charge >= 0.3 is 0 Å². The lowest BCUT2D eigenvalue weighted by Gasteiger charge is -2.44. The van der Waals surface area contributed by atoms with E-state index in [1.807, 2.05) is 15.9 Å². The van der Waals surface area contributed by atoms with Gasteiger partial charge in [0.2, 0.25) is 17.7 Å². The summed E-state index contributed by atoms with van der Waals surface area (Å²) in [4.78, 5) is 64.3. The maximum absolute atomic E-state index is 16.0. The topological polar surface area (TPSA) is 141 Å². The number of nitrogens with one attached hydrogen (secondary N) is 1. The minimum atomic E-state index is -2.75. The first-order chi connectivity index (χ1) is 31.9. The minimum absolute atomic E-state index is 0.00473. The van der Waals surface area contributed by atoms with Gasteiger partial charge in [-0.3, -0.25) is 29.2 Å². The van der Waals surface area contributed by atoms with Gasteiger partial charge in [-0.1, -0.05) is 0 Å². The summed E-state index contributed by atoms with van der Waals surface area (Å²) in [5.74, 6) is -0.188. The number of ether oxygens (including phenoxy) is 1. The molecular weight excluding hydrogens is 854 g/mol. The summed E-state index contributed by atoms with van der Waals surface area (Å²) in [6.07, 6.45) is 6.72. The van der Waals surface area contributed by atoms with Gasteiger partial charge in [0, 0.05) is 123 Å². The van der Waals surface area contributed by atoms with Gasteiger partial charge in [0.15, 0.2) is 11.6 Å². The van der Waals surface area contributed by atoms with E-state index in [1.54, 1.807) is 54.2 Å². The molecule has 0 spiro atoms. The second-order valence-corrected chi connectivity index (χ2v) is 18.6. The fourth-order valence-electron chi connectivity index (χ4n) is 11.2. The number of piperidine rings is 2. The Bertz CT molecular complexity index is 2810. The number of benzene rings is 2. The number of amides is 4. The highest BCUT2D eigenvalue weighted by Crippen LogP contribution is 2.46. The number of carbonyl (C=O) groups is 4. The Balaban J connectivity index is 0.792. The maximum atomic E-state index is 16.0. The van der Waals surface area contributed by atoms with Crippen molar-refractivity contribution in [2.24, 2.45) is 5.92 Å². The highest BCUT2D eigenvalue weighted by molar-refractivity contribution is 6.05. The number of fused-ring (bicyclic) bond motifs is 4. The number of carbonyl (C=O) groups excluding carboxylic acids is 4. The molecule has 11 rings (SSSR count). The Morgan fingerprint density at radius 3 is 2.50 bits per heavy atom. The number of hydrogen-bond acceptors (Lipinski definition) is 10. The molecule has 6 aliphatic heterocycles. The first-order valence-corrected chi connectivity index (χ1v) is 23.0. The molecule has 6 aliphatic rings. The molecule has 1 N–H and O–H groups in total. The van der Waals surface area contributed by atoms with E-state index in [1.165, 1.54) is 12.0 Å².